The molecule has 1 aromatic heterocycles. The van der Waals surface area contributed by atoms with Gasteiger partial charge in [0, 0.05) is 11.1 Å². The van der Waals surface area contributed by atoms with Crippen molar-refractivity contribution in [3.05, 3.63) is 40.6 Å². The zero-order valence-corrected chi connectivity index (χ0v) is 9.45. The maximum Gasteiger partial charge on any atom is 0.0738 e. The minimum absolute atomic E-state index is 0.130. The number of aliphatic hydroxyl groups is 1. The molecule has 2 heteroatoms. The predicted octanol–water partition coefficient (Wildman–Crippen LogP) is 2.52. The molecule has 0 aliphatic heterocycles. The van der Waals surface area contributed by atoms with Crippen LogP contribution in [0.1, 0.15) is 28.8 Å². The summed E-state index contributed by atoms with van der Waals surface area (Å²) >= 11 is 0. The summed E-state index contributed by atoms with van der Waals surface area (Å²) in [4.78, 5) is 4.75. The molecule has 0 radical (unpaired) electrons. The van der Waals surface area contributed by atoms with Crippen LogP contribution in [0.15, 0.2) is 18.2 Å². The van der Waals surface area contributed by atoms with E-state index in [1.165, 1.54) is 23.2 Å². The number of para-hydroxylation sites is 1. The molecular formula is C14H15NO. The molecule has 1 aliphatic carbocycles. The van der Waals surface area contributed by atoms with Gasteiger partial charge >= 0.3 is 0 Å². The van der Waals surface area contributed by atoms with E-state index >= 15 is 0 Å². The number of nitrogens with zero attached hydrogens (tertiary/aromatic N) is 1. The maximum absolute atomic E-state index is 9.56. The van der Waals surface area contributed by atoms with Crippen LogP contribution in [0, 0.1) is 6.92 Å². The Hall–Kier alpha value is -1.41. The molecule has 0 spiro atoms. The molecule has 0 amide bonds. The SMILES string of the molecule is Cc1cccc2c(CO)c3c(nc12)CCC3. The van der Waals surface area contributed by atoms with E-state index in [0.717, 1.165) is 29.3 Å². The van der Waals surface area contributed by atoms with Crippen molar-refractivity contribution < 1.29 is 5.11 Å². The summed E-state index contributed by atoms with van der Waals surface area (Å²) in [5.74, 6) is 0. The molecule has 0 fully saturated rings. The first-order valence-corrected chi connectivity index (χ1v) is 5.82. The Labute approximate surface area is 94.9 Å². The van der Waals surface area contributed by atoms with E-state index in [2.05, 4.69) is 19.1 Å². The van der Waals surface area contributed by atoms with Gasteiger partial charge in [0.1, 0.15) is 0 Å². The number of rotatable bonds is 1. The molecule has 1 N–H and O–H groups in total. The first kappa shape index (κ1) is 9.79. The normalized spacial score (nSPS) is 14.4. The Morgan fingerprint density at radius 3 is 3.00 bits per heavy atom. The van der Waals surface area contributed by atoms with E-state index in [4.69, 9.17) is 4.98 Å². The second-order valence-electron chi connectivity index (χ2n) is 4.50. The maximum atomic E-state index is 9.56. The Kier molecular flexibility index (Phi) is 2.18. The zero-order valence-electron chi connectivity index (χ0n) is 9.45. The lowest BCUT2D eigenvalue weighted by Crippen LogP contribution is -1.99. The van der Waals surface area contributed by atoms with Crippen LogP contribution in [0.4, 0.5) is 0 Å². The number of fused-ring (bicyclic) bond motifs is 2. The van der Waals surface area contributed by atoms with Gasteiger partial charge in [-0.2, -0.15) is 0 Å². The standard InChI is InChI=1S/C14H15NO/c1-9-4-2-6-11-12(8-16)10-5-3-7-13(10)15-14(9)11/h2,4,6,16H,3,5,7-8H2,1H3. The molecule has 3 rings (SSSR count). The highest BCUT2D eigenvalue weighted by Gasteiger charge is 2.19. The quantitative estimate of drug-likeness (QED) is 0.789. The molecule has 82 valence electrons. The Morgan fingerprint density at radius 2 is 2.19 bits per heavy atom. The molecular weight excluding hydrogens is 198 g/mol. The zero-order chi connectivity index (χ0) is 11.1. The number of benzene rings is 1. The number of hydrogen-bond donors (Lipinski definition) is 1. The fraction of sp³-hybridized carbons (Fsp3) is 0.357. The van der Waals surface area contributed by atoms with Gasteiger partial charge in [-0.25, -0.2) is 0 Å². The molecule has 0 atom stereocenters. The lowest BCUT2D eigenvalue weighted by Gasteiger charge is -2.11. The molecule has 1 aromatic carbocycles. The number of hydrogen-bond acceptors (Lipinski definition) is 2. The average Bonchev–Trinajstić information content (AvgIpc) is 2.75. The van der Waals surface area contributed by atoms with Crippen molar-refractivity contribution in [2.45, 2.75) is 32.8 Å². The number of pyridine rings is 1. The van der Waals surface area contributed by atoms with Crippen LogP contribution in [-0.4, -0.2) is 10.1 Å². The topological polar surface area (TPSA) is 33.1 Å². The number of aryl methyl sites for hydroxylation is 2. The summed E-state index contributed by atoms with van der Waals surface area (Å²) < 4.78 is 0. The first-order valence-electron chi connectivity index (χ1n) is 5.82. The van der Waals surface area contributed by atoms with E-state index in [0.29, 0.717) is 0 Å². The van der Waals surface area contributed by atoms with Crippen molar-refractivity contribution in [3.8, 4) is 0 Å². The van der Waals surface area contributed by atoms with Crippen molar-refractivity contribution in [2.75, 3.05) is 0 Å². The van der Waals surface area contributed by atoms with Crippen molar-refractivity contribution in [1.29, 1.82) is 0 Å². The van der Waals surface area contributed by atoms with Crippen LogP contribution < -0.4 is 0 Å². The monoisotopic (exact) mass is 213 g/mol. The lowest BCUT2D eigenvalue weighted by atomic mass is 10.00. The fourth-order valence-electron chi connectivity index (χ4n) is 2.71. The van der Waals surface area contributed by atoms with Crippen molar-refractivity contribution in [2.24, 2.45) is 0 Å². The summed E-state index contributed by atoms with van der Waals surface area (Å²) in [5.41, 5.74) is 5.85. The largest absolute Gasteiger partial charge is 0.392 e. The van der Waals surface area contributed by atoms with Crippen molar-refractivity contribution in [3.63, 3.8) is 0 Å². The van der Waals surface area contributed by atoms with Crippen LogP contribution in [0.3, 0.4) is 0 Å². The van der Waals surface area contributed by atoms with E-state index in [-0.39, 0.29) is 6.61 Å². The highest BCUT2D eigenvalue weighted by molar-refractivity contribution is 5.86. The third-order valence-corrected chi connectivity index (χ3v) is 3.52. The van der Waals surface area contributed by atoms with Gasteiger partial charge in [0.05, 0.1) is 12.1 Å². The van der Waals surface area contributed by atoms with Crippen LogP contribution in [0.25, 0.3) is 10.9 Å². The van der Waals surface area contributed by atoms with E-state index in [1.807, 2.05) is 6.07 Å². The molecule has 1 heterocycles. The van der Waals surface area contributed by atoms with Crippen molar-refractivity contribution >= 4 is 10.9 Å². The van der Waals surface area contributed by atoms with Gasteiger partial charge in [0.2, 0.25) is 0 Å². The van der Waals surface area contributed by atoms with Gasteiger partial charge in [-0.05, 0) is 42.9 Å². The summed E-state index contributed by atoms with van der Waals surface area (Å²) in [7, 11) is 0. The van der Waals surface area contributed by atoms with E-state index in [1.54, 1.807) is 0 Å². The number of aliphatic hydroxyl groups excluding tert-OH is 1. The van der Waals surface area contributed by atoms with Gasteiger partial charge < -0.3 is 5.11 Å². The molecule has 0 bridgehead atoms. The molecule has 2 aromatic rings. The van der Waals surface area contributed by atoms with Crippen LogP contribution >= 0.6 is 0 Å². The molecule has 2 nitrogen and oxygen atoms in total. The van der Waals surface area contributed by atoms with Crippen molar-refractivity contribution in [1.82, 2.24) is 4.98 Å². The van der Waals surface area contributed by atoms with Gasteiger partial charge in [-0.1, -0.05) is 18.2 Å². The second kappa shape index (κ2) is 3.56. The van der Waals surface area contributed by atoms with E-state index < -0.39 is 0 Å². The van der Waals surface area contributed by atoms with Gasteiger partial charge in [-0.3, -0.25) is 4.98 Å². The summed E-state index contributed by atoms with van der Waals surface area (Å²) in [6, 6.07) is 6.19. The van der Waals surface area contributed by atoms with Crippen LogP contribution in [0.5, 0.6) is 0 Å². The lowest BCUT2D eigenvalue weighted by molar-refractivity contribution is 0.282. The highest BCUT2D eigenvalue weighted by Crippen LogP contribution is 2.30. The van der Waals surface area contributed by atoms with Crippen LogP contribution in [0.2, 0.25) is 0 Å². The van der Waals surface area contributed by atoms with E-state index in [9.17, 15) is 5.11 Å². The first-order chi connectivity index (χ1) is 7.81. The van der Waals surface area contributed by atoms with Gasteiger partial charge in [0.25, 0.3) is 0 Å². The highest BCUT2D eigenvalue weighted by atomic mass is 16.3. The fourth-order valence-corrected chi connectivity index (χ4v) is 2.71. The Morgan fingerprint density at radius 1 is 1.31 bits per heavy atom. The third kappa shape index (κ3) is 1.26. The molecule has 0 saturated carbocycles. The summed E-state index contributed by atoms with van der Waals surface area (Å²) in [5, 5.41) is 10.7. The second-order valence-corrected chi connectivity index (χ2v) is 4.50. The van der Waals surface area contributed by atoms with Crippen LogP contribution in [-0.2, 0) is 19.4 Å². The van der Waals surface area contributed by atoms with Gasteiger partial charge in [-0.15, -0.1) is 0 Å². The molecule has 0 saturated heterocycles. The molecule has 1 aliphatic rings. The van der Waals surface area contributed by atoms with Gasteiger partial charge in [0.15, 0.2) is 0 Å². The average molecular weight is 213 g/mol. The molecule has 0 unspecified atom stereocenters. The Bertz CT molecular complexity index is 560. The minimum atomic E-state index is 0.130. The summed E-state index contributed by atoms with van der Waals surface area (Å²) in [6.07, 6.45) is 3.30. The smallest absolute Gasteiger partial charge is 0.0738 e. The minimum Gasteiger partial charge on any atom is -0.392 e. The summed E-state index contributed by atoms with van der Waals surface area (Å²) in [6.45, 7) is 2.21. The molecule has 16 heavy (non-hydrogen) atoms. The number of aromatic nitrogens is 1. The predicted molar refractivity (Wildman–Crippen MR) is 64.4 cm³/mol. The Balaban J connectivity index is 2.44. The third-order valence-electron chi connectivity index (χ3n) is 3.52.